The van der Waals surface area contributed by atoms with E-state index in [9.17, 15) is 17.6 Å². The Hall–Kier alpha value is -2.09. The number of carbonyl (C=O) groups is 1. The Morgan fingerprint density at radius 2 is 2.14 bits per heavy atom. The first-order chi connectivity index (χ1) is 10.4. The largest absolute Gasteiger partial charge is 0.354 e. The standard InChI is InChI=1S/C14H18FN3O3S/c1-3-4-5-14(19)16-8-9-18-13-10-11(15)6-7-12(13)17(2)22(18,20)21/h3,6-7,10H,1,4-5,8-9H2,2H3,(H,16,19). The van der Waals surface area contributed by atoms with Crippen LogP contribution in [0.2, 0.25) is 0 Å². The average Bonchev–Trinajstić information content (AvgIpc) is 2.65. The predicted octanol–water partition coefficient (Wildman–Crippen LogP) is 1.41. The highest BCUT2D eigenvalue weighted by molar-refractivity contribution is 7.94. The SMILES string of the molecule is C=CCCC(=O)NCCN1c2cc(F)ccc2N(C)S1(=O)=O. The molecule has 22 heavy (non-hydrogen) atoms. The Balaban J connectivity index is 2.09. The lowest BCUT2D eigenvalue weighted by molar-refractivity contribution is -0.120. The van der Waals surface area contributed by atoms with Crippen molar-refractivity contribution in [1.29, 1.82) is 0 Å². The molecule has 1 amide bonds. The number of halogens is 1. The molecule has 6 nitrogen and oxygen atoms in total. The molecule has 120 valence electrons. The Bertz CT molecular complexity index is 691. The van der Waals surface area contributed by atoms with Crippen LogP contribution in [0.15, 0.2) is 30.9 Å². The van der Waals surface area contributed by atoms with Crippen molar-refractivity contribution in [2.24, 2.45) is 0 Å². The molecule has 0 bridgehead atoms. The van der Waals surface area contributed by atoms with Crippen molar-refractivity contribution in [2.75, 3.05) is 28.7 Å². The fraction of sp³-hybridized carbons (Fsp3) is 0.357. The van der Waals surface area contributed by atoms with Gasteiger partial charge >= 0.3 is 10.2 Å². The Kier molecular flexibility index (Phi) is 4.70. The average molecular weight is 327 g/mol. The number of benzene rings is 1. The van der Waals surface area contributed by atoms with E-state index in [-0.39, 0.29) is 24.7 Å². The number of nitrogens with one attached hydrogen (secondary N) is 1. The van der Waals surface area contributed by atoms with E-state index in [4.69, 9.17) is 0 Å². The number of fused-ring (bicyclic) bond motifs is 1. The first-order valence-electron chi connectivity index (χ1n) is 6.81. The van der Waals surface area contributed by atoms with Gasteiger partial charge in [-0.05, 0) is 18.6 Å². The summed E-state index contributed by atoms with van der Waals surface area (Å²) in [5, 5.41) is 2.64. The van der Waals surface area contributed by atoms with E-state index in [1.165, 1.54) is 25.2 Å². The lowest BCUT2D eigenvalue weighted by Crippen LogP contribution is -2.40. The third kappa shape index (κ3) is 3.06. The molecule has 8 heteroatoms. The maximum Gasteiger partial charge on any atom is 0.326 e. The summed E-state index contributed by atoms with van der Waals surface area (Å²) >= 11 is 0. The number of rotatable bonds is 6. The van der Waals surface area contributed by atoms with Crippen LogP contribution in [0.3, 0.4) is 0 Å². The van der Waals surface area contributed by atoms with Gasteiger partial charge < -0.3 is 5.32 Å². The normalized spacial score (nSPS) is 15.5. The van der Waals surface area contributed by atoms with Crippen LogP contribution >= 0.6 is 0 Å². The van der Waals surface area contributed by atoms with Gasteiger partial charge in [-0.15, -0.1) is 6.58 Å². The van der Waals surface area contributed by atoms with Crippen LogP contribution in [0.5, 0.6) is 0 Å². The van der Waals surface area contributed by atoms with Gasteiger partial charge in [-0.25, -0.2) is 8.70 Å². The molecule has 0 atom stereocenters. The molecule has 0 radical (unpaired) electrons. The highest BCUT2D eigenvalue weighted by Crippen LogP contribution is 2.39. The summed E-state index contributed by atoms with van der Waals surface area (Å²) in [5.41, 5.74) is 0.697. The monoisotopic (exact) mass is 327 g/mol. The van der Waals surface area contributed by atoms with E-state index < -0.39 is 16.0 Å². The highest BCUT2D eigenvalue weighted by atomic mass is 32.2. The van der Waals surface area contributed by atoms with Crippen molar-refractivity contribution in [2.45, 2.75) is 12.8 Å². The maximum atomic E-state index is 13.4. The van der Waals surface area contributed by atoms with Crippen molar-refractivity contribution in [3.63, 3.8) is 0 Å². The number of hydrogen-bond acceptors (Lipinski definition) is 3. The number of carbonyl (C=O) groups excluding carboxylic acids is 1. The van der Waals surface area contributed by atoms with Gasteiger partial charge in [0.1, 0.15) is 5.82 Å². The first-order valence-corrected chi connectivity index (χ1v) is 8.21. The van der Waals surface area contributed by atoms with Gasteiger partial charge in [0.2, 0.25) is 5.91 Å². The second-order valence-electron chi connectivity index (χ2n) is 4.86. The van der Waals surface area contributed by atoms with E-state index in [0.29, 0.717) is 18.5 Å². The Morgan fingerprint density at radius 3 is 2.82 bits per heavy atom. The first kappa shape index (κ1) is 16.3. The predicted molar refractivity (Wildman–Crippen MR) is 83.5 cm³/mol. The molecule has 1 aromatic carbocycles. The number of amides is 1. The van der Waals surface area contributed by atoms with Crippen LogP contribution in [0.25, 0.3) is 0 Å². The maximum absolute atomic E-state index is 13.4. The minimum absolute atomic E-state index is 0.0446. The van der Waals surface area contributed by atoms with E-state index in [1.54, 1.807) is 6.08 Å². The second-order valence-corrected chi connectivity index (χ2v) is 6.74. The molecule has 0 aromatic heterocycles. The van der Waals surface area contributed by atoms with Gasteiger partial charge in [0.05, 0.1) is 17.9 Å². The van der Waals surface area contributed by atoms with Gasteiger partial charge in [-0.1, -0.05) is 6.08 Å². The summed E-state index contributed by atoms with van der Waals surface area (Å²) in [7, 11) is -2.31. The van der Waals surface area contributed by atoms with Gasteiger partial charge in [0.25, 0.3) is 0 Å². The van der Waals surface area contributed by atoms with Crippen LogP contribution < -0.4 is 13.9 Å². The summed E-state index contributed by atoms with van der Waals surface area (Å²) < 4.78 is 40.2. The molecule has 0 spiro atoms. The smallest absolute Gasteiger partial charge is 0.326 e. The van der Waals surface area contributed by atoms with E-state index in [1.807, 2.05) is 0 Å². The molecule has 0 saturated carbocycles. The summed E-state index contributed by atoms with van der Waals surface area (Å²) in [6.45, 7) is 3.72. The van der Waals surface area contributed by atoms with E-state index >= 15 is 0 Å². The minimum atomic E-state index is -3.72. The van der Waals surface area contributed by atoms with Crippen molar-refractivity contribution in [1.82, 2.24) is 5.32 Å². The quantitative estimate of drug-likeness (QED) is 0.803. The topological polar surface area (TPSA) is 69.7 Å². The summed E-state index contributed by atoms with van der Waals surface area (Å²) in [6.07, 6.45) is 2.50. The van der Waals surface area contributed by atoms with Crippen molar-refractivity contribution >= 4 is 27.5 Å². The number of allylic oxidation sites excluding steroid dienone is 1. The van der Waals surface area contributed by atoms with Gasteiger partial charge in [-0.3, -0.25) is 9.10 Å². The Morgan fingerprint density at radius 1 is 1.41 bits per heavy atom. The lowest BCUT2D eigenvalue weighted by Gasteiger charge is -2.19. The van der Waals surface area contributed by atoms with Crippen molar-refractivity contribution < 1.29 is 17.6 Å². The summed E-state index contributed by atoms with van der Waals surface area (Å²) in [6, 6.07) is 3.81. The molecule has 1 aliphatic heterocycles. The molecule has 1 heterocycles. The minimum Gasteiger partial charge on any atom is -0.354 e. The molecule has 1 aromatic rings. The zero-order valence-corrected chi connectivity index (χ0v) is 13.1. The zero-order valence-electron chi connectivity index (χ0n) is 12.3. The lowest BCUT2D eigenvalue weighted by atomic mass is 10.2. The van der Waals surface area contributed by atoms with Crippen LogP contribution in [0.1, 0.15) is 12.8 Å². The molecule has 1 aliphatic rings. The summed E-state index contributed by atoms with van der Waals surface area (Å²) in [5.74, 6) is -0.686. The van der Waals surface area contributed by atoms with Gasteiger partial charge in [-0.2, -0.15) is 8.42 Å². The van der Waals surface area contributed by atoms with Crippen molar-refractivity contribution in [3.05, 3.63) is 36.7 Å². The fourth-order valence-electron chi connectivity index (χ4n) is 2.21. The van der Waals surface area contributed by atoms with Crippen LogP contribution in [-0.2, 0) is 15.0 Å². The van der Waals surface area contributed by atoms with Crippen LogP contribution in [-0.4, -0.2) is 34.5 Å². The Labute approximate surface area is 129 Å². The number of anilines is 2. The molecule has 0 fully saturated rings. The van der Waals surface area contributed by atoms with Crippen LogP contribution in [0.4, 0.5) is 15.8 Å². The van der Waals surface area contributed by atoms with E-state index in [2.05, 4.69) is 11.9 Å². The molecule has 0 unspecified atom stereocenters. The number of hydrogen-bond donors (Lipinski definition) is 1. The van der Waals surface area contributed by atoms with Crippen molar-refractivity contribution in [3.8, 4) is 0 Å². The molecule has 2 rings (SSSR count). The molecule has 0 saturated heterocycles. The highest BCUT2D eigenvalue weighted by Gasteiger charge is 2.37. The van der Waals surface area contributed by atoms with Crippen LogP contribution in [0, 0.1) is 5.82 Å². The van der Waals surface area contributed by atoms with Gasteiger partial charge in [0, 0.05) is 26.1 Å². The third-order valence-electron chi connectivity index (χ3n) is 3.38. The molecular weight excluding hydrogens is 309 g/mol. The van der Waals surface area contributed by atoms with Gasteiger partial charge in [0.15, 0.2) is 0 Å². The zero-order chi connectivity index (χ0) is 16.3. The molecule has 0 aliphatic carbocycles. The number of nitrogens with zero attached hydrogens (tertiary/aromatic N) is 2. The fourth-order valence-corrected chi connectivity index (χ4v) is 3.63. The molecular formula is C14H18FN3O3S. The molecule has 1 N–H and O–H groups in total. The second kappa shape index (κ2) is 6.35. The summed E-state index contributed by atoms with van der Waals surface area (Å²) in [4.78, 5) is 11.5. The van der Waals surface area contributed by atoms with E-state index in [0.717, 1.165) is 8.61 Å². The third-order valence-corrected chi connectivity index (χ3v) is 5.21.